The van der Waals surface area contributed by atoms with Gasteiger partial charge < -0.3 is 0 Å². The molecule has 0 radical (unpaired) electrons. The van der Waals surface area contributed by atoms with Crippen molar-refractivity contribution < 1.29 is 0 Å². The number of hydrogen-bond acceptors (Lipinski definition) is 2. The van der Waals surface area contributed by atoms with Gasteiger partial charge in [-0.05, 0) is 12.1 Å². The van der Waals surface area contributed by atoms with Crippen LogP contribution in [0.5, 0.6) is 0 Å². The van der Waals surface area contributed by atoms with Crippen LogP contribution in [0.4, 0.5) is 0 Å². The van der Waals surface area contributed by atoms with Crippen molar-refractivity contribution in [2.75, 3.05) is 0 Å². The molecule has 0 unspecified atom stereocenters. The normalized spacial score (nSPS) is 10.9. The van der Waals surface area contributed by atoms with Gasteiger partial charge in [0.15, 0.2) is 0 Å². The molecule has 0 atom stereocenters. The number of thiazole rings is 1. The van der Waals surface area contributed by atoms with E-state index in [1.807, 2.05) is 42.5 Å². The second kappa shape index (κ2) is 4.30. The van der Waals surface area contributed by atoms with Crippen LogP contribution in [-0.2, 0) is 0 Å². The Morgan fingerprint density at radius 1 is 0.941 bits per heavy atom. The van der Waals surface area contributed by atoms with Crippen molar-refractivity contribution in [3.05, 3.63) is 52.5 Å². The van der Waals surface area contributed by atoms with Crippen LogP contribution in [0, 0.1) is 0 Å². The minimum Gasteiger partial charge on any atom is -0.236 e. The number of benzene rings is 2. The fraction of sp³-hybridized carbons (Fsp3) is 0. The van der Waals surface area contributed by atoms with Crippen LogP contribution in [0.15, 0.2) is 42.5 Å². The van der Waals surface area contributed by atoms with E-state index in [9.17, 15) is 0 Å². The molecule has 1 aromatic heterocycles. The van der Waals surface area contributed by atoms with Gasteiger partial charge in [0.1, 0.15) is 5.01 Å². The lowest BCUT2D eigenvalue weighted by Crippen LogP contribution is -1.74. The van der Waals surface area contributed by atoms with Crippen LogP contribution in [0.1, 0.15) is 0 Å². The van der Waals surface area contributed by atoms with E-state index in [-0.39, 0.29) is 0 Å². The van der Waals surface area contributed by atoms with E-state index in [0.29, 0.717) is 10.0 Å². The van der Waals surface area contributed by atoms with Crippen LogP contribution in [0.25, 0.3) is 20.8 Å². The highest BCUT2D eigenvalue weighted by atomic mass is 35.5. The molecule has 0 aliphatic carbocycles. The topological polar surface area (TPSA) is 12.9 Å². The zero-order valence-electron chi connectivity index (χ0n) is 8.65. The predicted molar refractivity (Wildman–Crippen MR) is 75.1 cm³/mol. The van der Waals surface area contributed by atoms with Gasteiger partial charge in [-0.2, -0.15) is 0 Å². The summed E-state index contributed by atoms with van der Waals surface area (Å²) in [5, 5.41) is 2.10. The number of aromatic nitrogens is 1. The lowest BCUT2D eigenvalue weighted by atomic mass is 10.2. The molecule has 0 aliphatic heterocycles. The molecule has 0 aliphatic rings. The lowest BCUT2D eigenvalue weighted by molar-refractivity contribution is 1.48. The summed E-state index contributed by atoms with van der Waals surface area (Å²) < 4.78 is 1.05. The van der Waals surface area contributed by atoms with Gasteiger partial charge in [0.2, 0.25) is 0 Å². The second-order valence-electron chi connectivity index (χ2n) is 3.62. The quantitative estimate of drug-likeness (QED) is 0.591. The van der Waals surface area contributed by atoms with Crippen molar-refractivity contribution in [3.63, 3.8) is 0 Å². The molecule has 0 saturated carbocycles. The average Bonchev–Trinajstić information content (AvgIpc) is 2.74. The zero-order chi connectivity index (χ0) is 11.8. The molecule has 0 bridgehead atoms. The molecule has 17 heavy (non-hydrogen) atoms. The summed E-state index contributed by atoms with van der Waals surface area (Å²) in [5.74, 6) is 0. The van der Waals surface area contributed by atoms with Gasteiger partial charge in [0.05, 0.1) is 20.3 Å². The molecule has 2 aromatic carbocycles. The zero-order valence-corrected chi connectivity index (χ0v) is 11.0. The fourth-order valence-corrected chi connectivity index (χ4v) is 3.01. The first-order valence-electron chi connectivity index (χ1n) is 5.05. The Kier molecular flexibility index (Phi) is 2.79. The fourth-order valence-electron chi connectivity index (χ4n) is 1.63. The van der Waals surface area contributed by atoms with Crippen molar-refractivity contribution in [3.8, 4) is 10.6 Å². The lowest BCUT2D eigenvalue weighted by Gasteiger charge is -1.92. The van der Waals surface area contributed by atoms with Crippen LogP contribution < -0.4 is 0 Å². The molecule has 3 rings (SSSR count). The third-order valence-corrected chi connectivity index (χ3v) is 4.24. The Morgan fingerprint density at radius 3 is 2.41 bits per heavy atom. The van der Waals surface area contributed by atoms with Crippen molar-refractivity contribution in [1.82, 2.24) is 4.98 Å². The van der Waals surface area contributed by atoms with Crippen LogP contribution in [0.3, 0.4) is 0 Å². The van der Waals surface area contributed by atoms with Crippen molar-refractivity contribution in [2.24, 2.45) is 0 Å². The van der Waals surface area contributed by atoms with Crippen molar-refractivity contribution in [1.29, 1.82) is 0 Å². The van der Waals surface area contributed by atoms with Gasteiger partial charge in [-0.25, -0.2) is 4.98 Å². The van der Waals surface area contributed by atoms with Gasteiger partial charge in [-0.15, -0.1) is 11.3 Å². The molecule has 0 spiro atoms. The van der Waals surface area contributed by atoms with Gasteiger partial charge in [-0.3, -0.25) is 0 Å². The molecule has 0 amide bonds. The highest BCUT2D eigenvalue weighted by Crippen LogP contribution is 2.34. The van der Waals surface area contributed by atoms with E-state index >= 15 is 0 Å². The number of rotatable bonds is 1. The van der Waals surface area contributed by atoms with Crippen molar-refractivity contribution in [2.45, 2.75) is 0 Å². The van der Waals surface area contributed by atoms with Crippen LogP contribution in [0.2, 0.25) is 10.0 Å². The maximum Gasteiger partial charge on any atom is 0.124 e. The van der Waals surface area contributed by atoms with Gasteiger partial charge in [0, 0.05) is 5.56 Å². The van der Waals surface area contributed by atoms with Gasteiger partial charge in [0.25, 0.3) is 0 Å². The summed E-state index contributed by atoms with van der Waals surface area (Å²) in [7, 11) is 0. The molecule has 0 fully saturated rings. The molecule has 4 heteroatoms. The van der Waals surface area contributed by atoms with E-state index in [1.54, 1.807) is 11.3 Å². The Morgan fingerprint density at radius 2 is 1.65 bits per heavy atom. The summed E-state index contributed by atoms with van der Waals surface area (Å²) >= 11 is 13.6. The Bertz CT molecular complexity index is 637. The maximum atomic E-state index is 5.99. The number of fused-ring (bicyclic) bond motifs is 1. The third kappa shape index (κ3) is 2.04. The molecule has 84 valence electrons. The molecule has 1 heterocycles. The number of hydrogen-bond donors (Lipinski definition) is 0. The Labute approximate surface area is 113 Å². The third-order valence-electron chi connectivity index (χ3n) is 2.45. The first-order chi connectivity index (χ1) is 8.24. The smallest absolute Gasteiger partial charge is 0.124 e. The van der Waals surface area contributed by atoms with Crippen LogP contribution in [-0.4, -0.2) is 4.98 Å². The molecule has 0 N–H and O–H groups in total. The number of halogens is 2. The van der Waals surface area contributed by atoms with E-state index in [0.717, 1.165) is 20.8 Å². The van der Waals surface area contributed by atoms with Gasteiger partial charge in [-0.1, -0.05) is 53.5 Å². The highest BCUT2D eigenvalue weighted by molar-refractivity contribution is 7.21. The minimum absolute atomic E-state index is 0.545. The van der Waals surface area contributed by atoms with E-state index in [1.165, 1.54) is 0 Å². The number of nitrogens with zero attached hydrogens (tertiary/aromatic N) is 1. The first kappa shape index (κ1) is 11.0. The monoisotopic (exact) mass is 279 g/mol. The molecular formula is C13H7Cl2NS. The molecular weight excluding hydrogens is 273 g/mol. The second-order valence-corrected chi connectivity index (χ2v) is 5.46. The summed E-state index contributed by atoms with van der Waals surface area (Å²) in [6.45, 7) is 0. The Hall–Kier alpha value is -1.09. The largest absolute Gasteiger partial charge is 0.236 e. The maximum absolute atomic E-state index is 5.99. The highest BCUT2D eigenvalue weighted by Gasteiger charge is 2.08. The van der Waals surface area contributed by atoms with Crippen LogP contribution >= 0.6 is 34.5 Å². The summed E-state index contributed by atoms with van der Waals surface area (Å²) in [5.41, 5.74) is 2.00. The summed E-state index contributed by atoms with van der Waals surface area (Å²) in [6.07, 6.45) is 0. The molecule has 0 saturated heterocycles. The van der Waals surface area contributed by atoms with Gasteiger partial charge >= 0.3 is 0 Å². The van der Waals surface area contributed by atoms with E-state index in [2.05, 4.69) is 4.98 Å². The van der Waals surface area contributed by atoms with Crippen molar-refractivity contribution >= 4 is 44.8 Å². The minimum atomic E-state index is 0.545. The standard InChI is InChI=1S/C13H7Cl2NS/c14-9-6-11-12(7-10(9)15)17-13(16-11)8-4-2-1-3-5-8/h1-7H. The molecule has 1 nitrogen and oxygen atoms in total. The van der Waals surface area contributed by atoms with E-state index < -0.39 is 0 Å². The SMILES string of the molecule is Clc1cc2nc(-c3ccccc3)sc2cc1Cl. The summed E-state index contributed by atoms with van der Waals surface area (Å²) in [6, 6.07) is 13.8. The Balaban J connectivity index is 2.21. The average molecular weight is 280 g/mol. The summed E-state index contributed by atoms with van der Waals surface area (Å²) in [4.78, 5) is 4.56. The predicted octanol–water partition coefficient (Wildman–Crippen LogP) is 5.27. The first-order valence-corrected chi connectivity index (χ1v) is 6.62. The molecule has 3 aromatic rings. The van der Waals surface area contributed by atoms with E-state index in [4.69, 9.17) is 23.2 Å².